The highest BCUT2D eigenvalue weighted by molar-refractivity contribution is 7.80. The van der Waals surface area contributed by atoms with E-state index in [1.807, 2.05) is 6.92 Å². The van der Waals surface area contributed by atoms with E-state index >= 15 is 0 Å². The minimum Gasteiger partial charge on any atom is -0.392 e. The van der Waals surface area contributed by atoms with Crippen molar-refractivity contribution >= 4 is 23.1 Å². The SMILES string of the molecule is CCC(NC(=O)c1ccc(F)cc1C)C(N)=S. The Kier molecular flexibility index (Phi) is 4.57. The van der Waals surface area contributed by atoms with E-state index in [0.717, 1.165) is 0 Å². The zero-order valence-electron chi connectivity index (χ0n) is 9.79. The first-order valence-electron chi connectivity index (χ1n) is 5.32. The maximum absolute atomic E-state index is 12.9. The molecule has 1 atom stereocenters. The number of carbonyl (C=O) groups is 1. The number of benzene rings is 1. The third-order valence-electron chi connectivity index (χ3n) is 2.49. The van der Waals surface area contributed by atoms with E-state index in [2.05, 4.69) is 5.32 Å². The van der Waals surface area contributed by atoms with E-state index in [-0.39, 0.29) is 22.8 Å². The molecule has 0 aromatic heterocycles. The predicted octanol–water partition coefficient (Wildman–Crippen LogP) is 1.93. The number of hydrogen-bond donors (Lipinski definition) is 2. The molecule has 0 heterocycles. The highest BCUT2D eigenvalue weighted by Gasteiger charge is 2.15. The summed E-state index contributed by atoms with van der Waals surface area (Å²) in [5.41, 5.74) is 6.51. The molecular weight excluding hydrogens is 239 g/mol. The van der Waals surface area contributed by atoms with E-state index in [1.165, 1.54) is 18.2 Å². The number of amides is 1. The number of nitrogens with one attached hydrogen (secondary N) is 1. The normalized spacial score (nSPS) is 11.9. The number of rotatable bonds is 4. The largest absolute Gasteiger partial charge is 0.392 e. The van der Waals surface area contributed by atoms with Gasteiger partial charge < -0.3 is 11.1 Å². The highest BCUT2D eigenvalue weighted by Crippen LogP contribution is 2.10. The van der Waals surface area contributed by atoms with Gasteiger partial charge in [-0.3, -0.25) is 4.79 Å². The van der Waals surface area contributed by atoms with Gasteiger partial charge in [0.25, 0.3) is 5.91 Å². The van der Waals surface area contributed by atoms with Gasteiger partial charge in [0.15, 0.2) is 0 Å². The molecule has 0 aliphatic carbocycles. The summed E-state index contributed by atoms with van der Waals surface area (Å²) in [5, 5.41) is 2.72. The second kappa shape index (κ2) is 5.72. The Labute approximate surface area is 105 Å². The van der Waals surface area contributed by atoms with Crippen molar-refractivity contribution in [2.24, 2.45) is 5.73 Å². The van der Waals surface area contributed by atoms with Gasteiger partial charge in [-0.2, -0.15) is 0 Å². The quantitative estimate of drug-likeness (QED) is 0.807. The van der Waals surface area contributed by atoms with Crippen LogP contribution >= 0.6 is 12.2 Å². The van der Waals surface area contributed by atoms with Gasteiger partial charge in [0, 0.05) is 5.56 Å². The van der Waals surface area contributed by atoms with Crippen molar-refractivity contribution in [3.05, 3.63) is 35.1 Å². The van der Waals surface area contributed by atoms with Gasteiger partial charge in [0.2, 0.25) is 0 Å². The van der Waals surface area contributed by atoms with Crippen molar-refractivity contribution < 1.29 is 9.18 Å². The van der Waals surface area contributed by atoms with Crippen LogP contribution in [0, 0.1) is 12.7 Å². The van der Waals surface area contributed by atoms with Gasteiger partial charge in [0.1, 0.15) is 5.82 Å². The molecule has 92 valence electrons. The first-order chi connectivity index (χ1) is 7.95. The highest BCUT2D eigenvalue weighted by atomic mass is 32.1. The smallest absolute Gasteiger partial charge is 0.252 e. The lowest BCUT2D eigenvalue weighted by atomic mass is 10.1. The molecule has 0 spiro atoms. The molecule has 0 aliphatic rings. The Balaban J connectivity index is 2.86. The fourth-order valence-corrected chi connectivity index (χ4v) is 1.72. The van der Waals surface area contributed by atoms with Crippen LogP contribution in [0.1, 0.15) is 29.3 Å². The second-order valence-electron chi connectivity index (χ2n) is 3.80. The minimum absolute atomic E-state index is 0.251. The summed E-state index contributed by atoms with van der Waals surface area (Å²) in [4.78, 5) is 12.2. The monoisotopic (exact) mass is 254 g/mol. The molecular formula is C12H15FN2OS. The molecule has 0 fully saturated rings. The van der Waals surface area contributed by atoms with Crippen LogP contribution in [0.5, 0.6) is 0 Å². The van der Waals surface area contributed by atoms with Gasteiger partial charge >= 0.3 is 0 Å². The van der Waals surface area contributed by atoms with Crippen LogP contribution in [0.2, 0.25) is 0 Å². The van der Waals surface area contributed by atoms with Crippen LogP contribution in [0.4, 0.5) is 4.39 Å². The van der Waals surface area contributed by atoms with E-state index in [4.69, 9.17) is 18.0 Å². The van der Waals surface area contributed by atoms with Crippen LogP contribution in [0.3, 0.4) is 0 Å². The summed E-state index contributed by atoms with van der Waals surface area (Å²) in [6, 6.07) is 3.69. The molecule has 1 rings (SSSR count). The first kappa shape index (κ1) is 13.6. The summed E-state index contributed by atoms with van der Waals surface area (Å²) in [7, 11) is 0. The predicted molar refractivity (Wildman–Crippen MR) is 69.5 cm³/mol. The molecule has 1 unspecified atom stereocenters. The van der Waals surface area contributed by atoms with Crippen LogP contribution in [-0.2, 0) is 0 Å². The van der Waals surface area contributed by atoms with Crippen molar-refractivity contribution in [1.82, 2.24) is 5.32 Å². The lowest BCUT2D eigenvalue weighted by molar-refractivity contribution is 0.0945. The van der Waals surface area contributed by atoms with Crippen molar-refractivity contribution in [2.45, 2.75) is 26.3 Å². The molecule has 17 heavy (non-hydrogen) atoms. The number of nitrogens with two attached hydrogens (primary N) is 1. The van der Waals surface area contributed by atoms with Gasteiger partial charge in [0.05, 0.1) is 11.0 Å². The summed E-state index contributed by atoms with van der Waals surface area (Å²) >= 11 is 4.84. The van der Waals surface area contributed by atoms with E-state index in [0.29, 0.717) is 17.5 Å². The molecule has 0 radical (unpaired) electrons. The third kappa shape index (κ3) is 3.49. The summed E-state index contributed by atoms with van der Waals surface area (Å²) in [6.07, 6.45) is 0.626. The van der Waals surface area contributed by atoms with E-state index in [9.17, 15) is 9.18 Å². The molecule has 5 heteroatoms. The lowest BCUT2D eigenvalue weighted by Crippen LogP contribution is -2.43. The maximum atomic E-state index is 12.9. The Bertz CT molecular complexity index is 448. The van der Waals surface area contributed by atoms with Crippen LogP contribution < -0.4 is 11.1 Å². The van der Waals surface area contributed by atoms with E-state index in [1.54, 1.807) is 6.92 Å². The number of aryl methyl sites for hydroxylation is 1. The van der Waals surface area contributed by atoms with Crippen molar-refractivity contribution in [3.63, 3.8) is 0 Å². The van der Waals surface area contributed by atoms with Gasteiger partial charge in [-0.25, -0.2) is 4.39 Å². The van der Waals surface area contributed by atoms with Gasteiger partial charge in [-0.15, -0.1) is 0 Å². The number of thiocarbonyl (C=S) groups is 1. The average Bonchev–Trinajstić information content (AvgIpc) is 2.24. The topological polar surface area (TPSA) is 55.1 Å². The zero-order valence-corrected chi connectivity index (χ0v) is 10.6. The Morgan fingerprint density at radius 1 is 1.59 bits per heavy atom. The third-order valence-corrected chi connectivity index (χ3v) is 2.77. The number of halogens is 1. The molecule has 0 saturated carbocycles. The number of carbonyl (C=O) groups excluding carboxylic acids is 1. The van der Waals surface area contributed by atoms with Crippen molar-refractivity contribution in [1.29, 1.82) is 0 Å². The fourth-order valence-electron chi connectivity index (χ4n) is 1.49. The molecule has 3 nitrogen and oxygen atoms in total. The Morgan fingerprint density at radius 2 is 2.24 bits per heavy atom. The molecule has 0 bridgehead atoms. The van der Waals surface area contributed by atoms with Crippen LogP contribution in [-0.4, -0.2) is 16.9 Å². The maximum Gasteiger partial charge on any atom is 0.252 e. The van der Waals surface area contributed by atoms with Crippen LogP contribution in [0.25, 0.3) is 0 Å². The summed E-state index contributed by atoms with van der Waals surface area (Å²) < 4.78 is 12.9. The van der Waals surface area contributed by atoms with Crippen LogP contribution in [0.15, 0.2) is 18.2 Å². The molecule has 1 aromatic rings. The Morgan fingerprint density at radius 3 is 2.71 bits per heavy atom. The Hall–Kier alpha value is -1.49. The molecule has 0 saturated heterocycles. The minimum atomic E-state index is -0.361. The summed E-state index contributed by atoms with van der Waals surface area (Å²) in [6.45, 7) is 3.56. The second-order valence-corrected chi connectivity index (χ2v) is 4.27. The van der Waals surface area contributed by atoms with E-state index < -0.39 is 0 Å². The molecule has 3 N–H and O–H groups in total. The molecule has 0 aliphatic heterocycles. The first-order valence-corrected chi connectivity index (χ1v) is 5.72. The molecule has 1 aromatic carbocycles. The average molecular weight is 254 g/mol. The fraction of sp³-hybridized carbons (Fsp3) is 0.333. The van der Waals surface area contributed by atoms with Gasteiger partial charge in [-0.05, 0) is 37.1 Å². The van der Waals surface area contributed by atoms with Crippen molar-refractivity contribution in [3.8, 4) is 0 Å². The van der Waals surface area contributed by atoms with Gasteiger partial charge in [-0.1, -0.05) is 19.1 Å². The standard InChI is InChI=1S/C12H15FN2OS/c1-3-10(11(14)17)15-12(16)9-5-4-8(13)6-7(9)2/h4-6,10H,3H2,1-2H3,(H2,14,17)(H,15,16). The summed E-state index contributed by atoms with van der Waals surface area (Å²) in [5.74, 6) is -0.650. The number of hydrogen-bond acceptors (Lipinski definition) is 2. The van der Waals surface area contributed by atoms with Crippen molar-refractivity contribution in [2.75, 3.05) is 0 Å². The molecule has 1 amide bonds. The lowest BCUT2D eigenvalue weighted by Gasteiger charge is -2.16. The zero-order chi connectivity index (χ0) is 13.0.